The first kappa shape index (κ1) is 8.67. The van der Waals surface area contributed by atoms with Crippen LogP contribution in [0.15, 0.2) is 24.5 Å². The van der Waals surface area contributed by atoms with Gasteiger partial charge in [-0.05, 0) is 29.9 Å². The van der Waals surface area contributed by atoms with Gasteiger partial charge in [-0.25, -0.2) is 0 Å². The number of nitrogens with zero attached hydrogens (tertiary/aromatic N) is 2. The van der Waals surface area contributed by atoms with Gasteiger partial charge in [-0.2, -0.15) is 0 Å². The number of hydrogen-bond acceptors (Lipinski definition) is 1. The Morgan fingerprint density at radius 2 is 1.92 bits per heavy atom. The lowest BCUT2D eigenvalue weighted by Crippen LogP contribution is -2.44. The van der Waals surface area contributed by atoms with E-state index in [1.165, 1.54) is 25.7 Å². The van der Waals surface area contributed by atoms with E-state index < -0.39 is 0 Å². The molecule has 0 amide bonds. The molecule has 1 heterocycles. The second-order valence-corrected chi connectivity index (χ2v) is 4.09. The molecule has 2 heteroatoms. The summed E-state index contributed by atoms with van der Waals surface area (Å²) in [4.78, 5) is 0. The Bertz CT molecular complexity index is 250. The maximum atomic E-state index is 4.34. The van der Waals surface area contributed by atoms with E-state index >= 15 is 0 Å². The van der Waals surface area contributed by atoms with E-state index in [0.29, 0.717) is 6.04 Å². The fourth-order valence-corrected chi connectivity index (χ4v) is 2.06. The standard InChI is InChI=1S/C11H17N2/c1-10-4-6-11(7-5-10)13-9-3-2-8-12-13/h2-3,8-11H,4-7H2,1H3/q+1. The van der Waals surface area contributed by atoms with E-state index in [2.05, 4.69) is 29.0 Å². The van der Waals surface area contributed by atoms with Gasteiger partial charge < -0.3 is 0 Å². The quantitative estimate of drug-likeness (QED) is 0.600. The first-order valence-electron chi connectivity index (χ1n) is 5.18. The normalized spacial score (nSPS) is 28.7. The topological polar surface area (TPSA) is 16.8 Å². The van der Waals surface area contributed by atoms with Crippen molar-refractivity contribution in [2.75, 3.05) is 0 Å². The largest absolute Gasteiger partial charge is 0.196 e. The molecule has 1 aliphatic carbocycles. The molecule has 0 unspecified atom stereocenters. The first-order chi connectivity index (χ1) is 6.36. The Balaban J connectivity index is 2.03. The molecular weight excluding hydrogens is 160 g/mol. The summed E-state index contributed by atoms with van der Waals surface area (Å²) in [5.74, 6) is 0.917. The molecule has 0 aliphatic heterocycles. The smallest absolute Gasteiger partial charge is 0.0887 e. The highest BCUT2D eigenvalue weighted by Crippen LogP contribution is 2.27. The van der Waals surface area contributed by atoms with Gasteiger partial charge in [0.1, 0.15) is 0 Å². The van der Waals surface area contributed by atoms with Crippen LogP contribution in [0.5, 0.6) is 0 Å². The predicted octanol–water partition coefficient (Wildman–Crippen LogP) is 2.12. The van der Waals surface area contributed by atoms with Crippen molar-refractivity contribution in [1.82, 2.24) is 5.10 Å². The highest BCUT2D eigenvalue weighted by Gasteiger charge is 2.25. The molecule has 1 aromatic heterocycles. The lowest BCUT2D eigenvalue weighted by Gasteiger charge is -2.20. The third kappa shape index (κ3) is 2.06. The molecule has 2 rings (SSSR count). The van der Waals surface area contributed by atoms with Crippen LogP contribution in [0.3, 0.4) is 0 Å². The van der Waals surface area contributed by atoms with Gasteiger partial charge in [0.15, 0.2) is 12.2 Å². The van der Waals surface area contributed by atoms with Gasteiger partial charge >= 0.3 is 0 Å². The Kier molecular flexibility index (Phi) is 2.57. The number of hydrogen-bond donors (Lipinski definition) is 0. The summed E-state index contributed by atoms with van der Waals surface area (Å²) in [6, 6.07) is 4.69. The van der Waals surface area contributed by atoms with Gasteiger partial charge in [0, 0.05) is 18.9 Å². The summed E-state index contributed by atoms with van der Waals surface area (Å²) in [5.41, 5.74) is 0. The molecule has 1 saturated carbocycles. The average Bonchev–Trinajstić information content (AvgIpc) is 2.20. The van der Waals surface area contributed by atoms with E-state index in [4.69, 9.17) is 0 Å². The van der Waals surface area contributed by atoms with Gasteiger partial charge in [-0.3, -0.25) is 0 Å². The van der Waals surface area contributed by atoms with Gasteiger partial charge in [0.25, 0.3) is 0 Å². The lowest BCUT2D eigenvalue weighted by molar-refractivity contribution is -0.780. The minimum Gasteiger partial charge on any atom is -0.0887 e. The minimum absolute atomic E-state index is 0.650. The highest BCUT2D eigenvalue weighted by molar-refractivity contribution is 4.77. The molecule has 70 valence electrons. The van der Waals surface area contributed by atoms with Crippen LogP contribution < -0.4 is 4.68 Å². The molecule has 0 atom stereocenters. The molecule has 1 aliphatic rings. The van der Waals surface area contributed by atoms with Gasteiger partial charge in [0.05, 0.1) is 6.20 Å². The number of aromatic nitrogens is 2. The van der Waals surface area contributed by atoms with Crippen molar-refractivity contribution in [3.05, 3.63) is 24.5 Å². The van der Waals surface area contributed by atoms with E-state index in [1.54, 1.807) is 0 Å². The second kappa shape index (κ2) is 3.86. The molecule has 0 N–H and O–H groups in total. The van der Waals surface area contributed by atoms with E-state index in [-0.39, 0.29) is 0 Å². The average molecular weight is 177 g/mol. The summed E-state index contributed by atoms with van der Waals surface area (Å²) in [6.07, 6.45) is 9.26. The van der Waals surface area contributed by atoms with E-state index in [0.717, 1.165) is 5.92 Å². The number of rotatable bonds is 1. The maximum absolute atomic E-state index is 4.34. The summed E-state index contributed by atoms with van der Waals surface area (Å²) in [5, 5.41) is 4.34. The van der Waals surface area contributed by atoms with Gasteiger partial charge in [0.2, 0.25) is 0 Å². The van der Waals surface area contributed by atoms with Crippen LogP contribution in [0.2, 0.25) is 0 Å². The molecule has 13 heavy (non-hydrogen) atoms. The monoisotopic (exact) mass is 177 g/mol. The zero-order chi connectivity index (χ0) is 9.10. The van der Waals surface area contributed by atoms with Crippen molar-refractivity contribution in [2.24, 2.45) is 5.92 Å². The third-order valence-corrected chi connectivity index (χ3v) is 3.00. The van der Waals surface area contributed by atoms with Crippen LogP contribution in [0.25, 0.3) is 0 Å². The fraction of sp³-hybridized carbons (Fsp3) is 0.636. The molecule has 0 spiro atoms. The Morgan fingerprint density at radius 3 is 2.54 bits per heavy atom. The Hall–Kier alpha value is -0.920. The fourth-order valence-electron chi connectivity index (χ4n) is 2.06. The van der Waals surface area contributed by atoms with Crippen LogP contribution in [0, 0.1) is 5.92 Å². The van der Waals surface area contributed by atoms with Crippen LogP contribution in [0.4, 0.5) is 0 Å². The summed E-state index contributed by atoms with van der Waals surface area (Å²) in [7, 11) is 0. The highest BCUT2D eigenvalue weighted by atomic mass is 15.3. The van der Waals surface area contributed by atoms with Crippen molar-refractivity contribution >= 4 is 0 Å². The molecule has 0 saturated heterocycles. The minimum atomic E-state index is 0.650. The zero-order valence-electron chi connectivity index (χ0n) is 8.19. The molecule has 0 bridgehead atoms. The Labute approximate surface area is 79.6 Å². The summed E-state index contributed by atoms with van der Waals surface area (Å²) >= 11 is 0. The molecule has 1 fully saturated rings. The van der Waals surface area contributed by atoms with Crippen molar-refractivity contribution in [3.8, 4) is 0 Å². The SMILES string of the molecule is CC1CCC([n+]2ccccn2)CC1. The van der Waals surface area contributed by atoms with Crippen molar-refractivity contribution in [2.45, 2.75) is 38.6 Å². The summed E-state index contributed by atoms with van der Waals surface area (Å²) < 4.78 is 2.12. The van der Waals surface area contributed by atoms with Crippen LogP contribution in [-0.4, -0.2) is 5.10 Å². The van der Waals surface area contributed by atoms with E-state index in [1.807, 2.05) is 12.3 Å². The predicted molar refractivity (Wildman–Crippen MR) is 51.1 cm³/mol. The zero-order valence-corrected chi connectivity index (χ0v) is 8.19. The lowest BCUT2D eigenvalue weighted by atomic mass is 9.87. The van der Waals surface area contributed by atoms with Gasteiger partial charge in [-0.15, -0.1) is 0 Å². The molecule has 1 aromatic rings. The van der Waals surface area contributed by atoms with Crippen LogP contribution in [0.1, 0.15) is 38.6 Å². The van der Waals surface area contributed by atoms with Crippen molar-refractivity contribution in [1.29, 1.82) is 0 Å². The van der Waals surface area contributed by atoms with Crippen LogP contribution in [-0.2, 0) is 0 Å². The molecule has 2 nitrogen and oxygen atoms in total. The van der Waals surface area contributed by atoms with Gasteiger partial charge in [-0.1, -0.05) is 11.6 Å². The summed E-state index contributed by atoms with van der Waals surface area (Å²) in [6.45, 7) is 2.35. The Morgan fingerprint density at radius 1 is 1.15 bits per heavy atom. The molecule has 0 radical (unpaired) electrons. The van der Waals surface area contributed by atoms with Crippen molar-refractivity contribution < 1.29 is 4.68 Å². The molecule has 0 aromatic carbocycles. The first-order valence-corrected chi connectivity index (χ1v) is 5.18. The third-order valence-electron chi connectivity index (χ3n) is 3.00. The second-order valence-electron chi connectivity index (χ2n) is 4.09. The molecular formula is C11H17N2+. The van der Waals surface area contributed by atoms with E-state index in [9.17, 15) is 0 Å². The maximum Gasteiger partial charge on any atom is 0.196 e. The van der Waals surface area contributed by atoms with Crippen molar-refractivity contribution in [3.63, 3.8) is 0 Å². The van der Waals surface area contributed by atoms with Crippen LogP contribution >= 0.6 is 0 Å².